The van der Waals surface area contributed by atoms with E-state index in [1.165, 1.54) is 12.1 Å². The van der Waals surface area contributed by atoms with Crippen molar-refractivity contribution >= 4 is 51.3 Å². The monoisotopic (exact) mass is 532 g/mol. The highest BCUT2D eigenvalue weighted by molar-refractivity contribution is 9.10. The topological polar surface area (TPSA) is 120 Å². The van der Waals surface area contributed by atoms with Crippen molar-refractivity contribution in [2.45, 2.75) is 20.4 Å². The zero-order valence-electron chi connectivity index (χ0n) is 18.6. The molecule has 178 valence electrons. The lowest BCUT2D eigenvalue weighted by molar-refractivity contribution is -0.134. The molecule has 1 aliphatic heterocycles. The van der Waals surface area contributed by atoms with Crippen LogP contribution in [0.3, 0.4) is 0 Å². The number of carbonyl (C=O) groups is 5. The Hall–Kier alpha value is -3.57. The van der Waals surface area contributed by atoms with Gasteiger partial charge in [0.2, 0.25) is 11.8 Å². The fourth-order valence-corrected chi connectivity index (χ4v) is 3.71. The molecular weight excluding hydrogens is 512 g/mol. The first-order valence-electron chi connectivity index (χ1n) is 10.1. The molecule has 34 heavy (non-hydrogen) atoms. The van der Waals surface area contributed by atoms with E-state index in [4.69, 9.17) is 14.2 Å². The zero-order valence-corrected chi connectivity index (χ0v) is 20.2. The second-order valence-corrected chi connectivity index (χ2v) is 8.27. The van der Waals surface area contributed by atoms with Crippen LogP contribution in [0.5, 0.6) is 11.5 Å². The highest BCUT2D eigenvalue weighted by atomic mass is 79.9. The highest BCUT2D eigenvalue weighted by Gasteiger charge is 2.33. The zero-order chi connectivity index (χ0) is 25.0. The van der Waals surface area contributed by atoms with E-state index >= 15 is 0 Å². The number of benzene rings is 2. The van der Waals surface area contributed by atoms with Crippen LogP contribution in [0.25, 0.3) is 0 Å². The van der Waals surface area contributed by atoms with Gasteiger partial charge in [-0.2, -0.15) is 0 Å². The van der Waals surface area contributed by atoms with Gasteiger partial charge in [0.25, 0.3) is 0 Å². The first kappa shape index (κ1) is 25.1. The maximum atomic E-state index is 12.8. The summed E-state index contributed by atoms with van der Waals surface area (Å²) in [6.45, 7) is 2.09. The number of rotatable bonds is 6. The van der Waals surface area contributed by atoms with Crippen molar-refractivity contribution in [2.24, 2.45) is 0 Å². The van der Waals surface area contributed by atoms with Gasteiger partial charge in [-0.05, 0) is 30.3 Å². The number of hydrogen-bond acceptors (Lipinski definition) is 9. The third-order valence-electron chi connectivity index (χ3n) is 4.79. The van der Waals surface area contributed by atoms with Crippen LogP contribution in [0.1, 0.15) is 29.8 Å². The minimum Gasteiger partial charge on any atom is -0.465 e. The van der Waals surface area contributed by atoms with Gasteiger partial charge in [0, 0.05) is 30.4 Å². The van der Waals surface area contributed by atoms with E-state index in [1.54, 1.807) is 29.2 Å². The maximum Gasteiger partial charge on any atom is 0.341 e. The predicted octanol–water partition coefficient (Wildman–Crippen LogP) is 2.46. The van der Waals surface area contributed by atoms with Crippen LogP contribution in [0, 0.1) is 0 Å². The summed E-state index contributed by atoms with van der Waals surface area (Å²) in [6, 6.07) is 9.61. The molecule has 11 heteroatoms. The van der Waals surface area contributed by atoms with Crippen molar-refractivity contribution in [1.29, 1.82) is 0 Å². The minimum absolute atomic E-state index is 0.00396. The summed E-state index contributed by atoms with van der Waals surface area (Å²) < 4.78 is 16.0. The lowest BCUT2D eigenvalue weighted by Crippen LogP contribution is -2.53. The first-order valence-corrected chi connectivity index (χ1v) is 10.8. The fourth-order valence-electron chi connectivity index (χ4n) is 3.45. The Bertz CT molecular complexity index is 1140. The number of halogens is 1. The lowest BCUT2D eigenvalue weighted by Gasteiger charge is -2.33. The average molecular weight is 533 g/mol. The Labute approximate surface area is 203 Å². The van der Waals surface area contributed by atoms with E-state index < -0.39 is 29.7 Å². The van der Waals surface area contributed by atoms with Gasteiger partial charge in [-0.25, -0.2) is 9.69 Å². The normalized spacial score (nSPS) is 14.1. The summed E-state index contributed by atoms with van der Waals surface area (Å²) in [5, 5.41) is 0. The van der Waals surface area contributed by atoms with Crippen molar-refractivity contribution in [2.75, 3.05) is 25.1 Å². The lowest BCUT2D eigenvalue weighted by atomic mass is 10.1. The van der Waals surface area contributed by atoms with E-state index in [2.05, 4.69) is 15.9 Å². The SMILES string of the molecule is COC(=O)c1ccc(CN2CC(=O)N(c3ccc(Br)cc3)C(=O)C2)c(OC(C)=O)c1OC(C)=O. The minimum atomic E-state index is -0.801. The second-order valence-electron chi connectivity index (χ2n) is 7.35. The van der Waals surface area contributed by atoms with Gasteiger partial charge < -0.3 is 14.2 Å². The number of methoxy groups -OCH3 is 1. The van der Waals surface area contributed by atoms with Gasteiger partial charge in [-0.1, -0.05) is 22.0 Å². The summed E-state index contributed by atoms with van der Waals surface area (Å²) >= 11 is 3.32. The van der Waals surface area contributed by atoms with Crippen LogP contribution in [0.4, 0.5) is 5.69 Å². The summed E-state index contributed by atoms with van der Waals surface area (Å²) in [6.07, 6.45) is 0. The van der Waals surface area contributed by atoms with Crippen LogP contribution in [-0.2, 0) is 30.5 Å². The first-order chi connectivity index (χ1) is 16.1. The van der Waals surface area contributed by atoms with E-state index in [0.717, 1.165) is 30.3 Å². The van der Waals surface area contributed by atoms with Gasteiger partial charge in [-0.15, -0.1) is 0 Å². The number of amides is 2. The molecule has 0 aliphatic carbocycles. The molecule has 0 radical (unpaired) electrons. The molecule has 10 nitrogen and oxygen atoms in total. The van der Waals surface area contributed by atoms with Crippen LogP contribution in [0.15, 0.2) is 40.9 Å². The quantitative estimate of drug-likeness (QED) is 0.313. The van der Waals surface area contributed by atoms with Crippen molar-refractivity contribution in [3.63, 3.8) is 0 Å². The number of ether oxygens (including phenoxy) is 3. The Morgan fingerprint density at radius 1 is 0.882 bits per heavy atom. The molecule has 1 fully saturated rings. The van der Waals surface area contributed by atoms with Crippen molar-refractivity contribution in [3.8, 4) is 11.5 Å². The predicted molar refractivity (Wildman–Crippen MR) is 122 cm³/mol. The van der Waals surface area contributed by atoms with Crippen molar-refractivity contribution in [1.82, 2.24) is 4.90 Å². The molecule has 1 heterocycles. The molecule has 0 atom stereocenters. The molecule has 2 aromatic carbocycles. The van der Waals surface area contributed by atoms with Gasteiger partial charge in [0.15, 0.2) is 11.5 Å². The smallest absolute Gasteiger partial charge is 0.341 e. The molecule has 1 saturated heterocycles. The number of anilines is 1. The molecule has 3 rings (SSSR count). The highest BCUT2D eigenvalue weighted by Crippen LogP contribution is 2.37. The largest absolute Gasteiger partial charge is 0.465 e. The molecule has 0 bridgehead atoms. The third kappa shape index (κ3) is 5.67. The van der Waals surface area contributed by atoms with Gasteiger partial charge >= 0.3 is 17.9 Å². The van der Waals surface area contributed by atoms with E-state index in [9.17, 15) is 24.0 Å². The van der Waals surface area contributed by atoms with Crippen LogP contribution >= 0.6 is 15.9 Å². The van der Waals surface area contributed by atoms with Crippen molar-refractivity contribution in [3.05, 3.63) is 52.0 Å². The molecule has 0 N–H and O–H groups in total. The van der Waals surface area contributed by atoms with E-state index in [0.29, 0.717) is 11.3 Å². The second kappa shape index (κ2) is 10.6. The fraction of sp³-hybridized carbons (Fsp3) is 0.261. The summed E-state index contributed by atoms with van der Waals surface area (Å²) in [5.74, 6) is -3.57. The molecule has 0 spiro atoms. The number of imide groups is 1. The van der Waals surface area contributed by atoms with Crippen LogP contribution in [0.2, 0.25) is 0 Å². The standard InChI is InChI=1S/C23H21BrN2O8/c1-13(27)33-21-15(4-9-18(23(31)32-3)22(21)34-14(2)28)10-25-11-19(29)26(20(30)12-25)17-7-5-16(24)6-8-17/h4-9H,10-12H2,1-3H3. The Morgan fingerprint density at radius 2 is 1.44 bits per heavy atom. The maximum absolute atomic E-state index is 12.8. The van der Waals surface area contributed by atoms with Gasteiger partial charge in [0.1, 0.15) is 5.56 Å². The number of hydrogen-bond donors (Lipinski definition) is 0. The molecule has 0 unspecified atom stereocenters. The van der Waals surface area contributed by atoms with Crippen LogP contribution in [-0.4, -0.2) is 54.8 Å². The summed E-state index contributed by atoms with van der Waals surface area (Å²) in [7, 11) is 1.15. The molecule has 1 aliphatic rings. The summed E-state index contributed by atoms with van der Waals surface area (Å²) in [4.78, 5) is 63.8. The third-order valence-corrected chi connectivity index (χ3v) is 5.31. The molecule has 0 saturated carbocycles. The van der Waals surface area contributed by atoms with Crippen LogP contribution < -0.4 is 14.4 Å². The van der Waals surface area contributed by atoms with Gasteiger partial charge in [-0.3, -0.25) is 24.1 Å². The molecular formula is C23H21BrN2O8. The molecule has 2 amide bonds. The molecule has 0 aromatic heterocycles. The number of carbonyl (C=O) groups excluding carboxylic acids is 5. The van der Waals surface area contributed by atoms with E-state index in [-0.39, 0.29) is 36.7 Å². The number of esters is 3. The Kier molecular flexibility index (Phi) is 7.79. The van der Waals surface area contributed by atoms with E-state index in [1.807, 2.05) is 0 Å². The van der Waals surface area contributed by atoms with Gasteiger partial charge in [0.05, 0.1) is 25.9 Å². The molecule has 2 aromatic rings. The Morgan fingerprint density at radius 3 is 1.97 bits per heavy atom. The summed E-state index contributed by atoms with van der Waals surface area (Å²) in [5.41, 5.74) is 0.666. The Balaban J connectivity index is 1.92. The number of nitrogens with zero attached hydrogens (tertiary/aromatic N) is 2. The average Bonchev–Trinajstić information content (AvgIpc) is 2.75. The van der Waals surface area contributed by atoms with Crippen molar-refractivity contribution < 1.29 is 38.2 Å². The number of piperazine rings is 1.